The van der Waals surface area contributed by atoms with Crippen molar-refractivity contribution in [3.63, 3.8) is 0 Å². The number of Topliss-reactive ketones (excluding diaryl/α,β-unsaturated/α-hetero) is 3. The number of benzene rings is 2. The highest BCUT2D eigenvalue weighted by molar-refractivity contribution is 6.00. The van der Waals surface area contributed by atoms with E-state index in [4.69, 9.17) is 19.3 Å². The minimum Gasteiger partial charge on any atom is -0.507 e. The molecule has 3 aliphatic rings. The Bertz CT molecular complexity index is 1540. The summed E-state index contributed by atoms with van der Waals surface area (Å²) in [4.78, 5) is 60.9. The summed E-state index contributed by atoms with van der Waals surface area (Å²) < 4.78 is 42.4. The van der Waals surface area contributed by atoms with Crippen LogP contribution in [0.15, 0.2) is 36.4 Å². The van der Waals surface area contributed by atoms with E-state index in [9.17, 15) is 32.8 Å². The summed E-state index contributed by atoms with van der Waals surface area (Å²) in [5.41, 5.74) is -1.29. The lowest BCUT2D eigenvalue weighted by Gasteiger charge is -2.43. The third-order valence-electron chi connectivity index (χ3n) is 7.69. The molecule has 2 aromatic carbocycles. The van der Waals surface area contributed by atoms with Gasteiger partial charge in [0.2, 0.25) is 0 Å². The molecule has 268 valence electrons. The lowest BCUT2D eigenvalue weighted by atomic mass is 9.82. The summed E-state index contributed by atoms with van der Waals surface area (Å²) in [5, 5.41) is 9.02. The Balaban J connectivity index is 0.000000221. The minimum absolute atomic E-state index is 0.0185. The zero-order chi connectivity index (χ0) is 36.7. The number of carbonyl (C=O) groups is 5. The molecule has 0 unspecified atom stereocenters. The quantitative estimate of drug-likeness (QED) is 0.318. The molecule has 0 bridgehead atoms. The van der Waals surface area contributed by atoms with Crippen molar-refractivity contribution >= 4 is 29.5 Å². The summed E-state index contributed by atoms with van der Waals surface area (Å²) in [7, 11) is 0. The number of aromatic hydroxyl groups is 1. The monoisotopic (exact) mass is 688 g/mol. The largest absolute Gasteiger partial charge is 0.507 e. The summed E-state index contributed by atoms with van der Waals surface area (Å²) in [6.07, 6.45) is 1.57. The SMILES string of the molecule is CC(=O)c1cc(F)ccc1O.CC(C)(C)OC(=O)N1CCC(=O)CC1.CC(C)(C)OC(=O)N1CCC2(CC1)CC(=O)c1cc(F)ccc1O2. The molecule has 3 aliphatic heterocycles. The molecule has 1 spiro atoms. The van der Waals surface area contributed by atoms with E-state index in [1.165, 1.54) is 25.1 Å². The molecule has 2 amide bonds. The van der Waals surface area contributed by atoms with E-state index in [1.54, 1.807) is 9.80 Å². The highest BCUT2D eigenvalue weighted by Gasteiger charge is 2.44. The number of piperidine rings is 2. The second-order valence-corrected chi connectivity index (χ2v) is 14.2. The van der Waals surface area contributed by atoms with Crippen molar-refractivity contribution < 1.29 is 52.1 Å². The van der Waals surface area contributed by atoms with Gasteiger partial charge in [0.1, 0.15) is 45.7 Å². The number of ether oxygens (including phenoxy) is 3. The van der Waals surface area contributed by atoms with Crippen LogP contribution in [0.4, 0.5) is 18.4 Å². The Morgan fingerprint density at radius 2 is 1.29 bits per heavy atom. The van der Waals surface area contributed by atoms with Gasteiger partial charge < -0.3 is 29.1 Å². The van der Waals surface area contributed by atoms with Gasteiger partial charge in [-0.15, -0.1) is 0 Å². The Kier molecular flexibility index (Phi) is 12.5. The maximum Gasteiger partial charge on any atom is 0.410 e. The predicted molar refractivity (Wildman–Crippen MR) is 176 cm³/mol. The smallest absolute Gasteiger partial charge is 0.410 e. The molecule has 13 heteroatoms. The van der Waals surface area contributed by atoms with Crippen molar-refractivity contribution in [1.29, 1.82) is 0 Å². The number of carbonyl (C=O) groups excluding carboxylic acids is 5. The average Bonchev–Trinajstić information content (AvgIpc) is 2.98. The van der Waals surface area contributed by atoms with Gasteiger partial charge >= 0.3 is 12.2 Å². The van der Waals surface area contributed by atoms with Gasteiger partial charge in [0.25, 0.3) is 0 Å². The van der Waals surface area contributed by atoms with Crippen LogP contribution in [-0.2, 0) is 14.3 Å². The van der Waals surface area contributed by atoms with Crippen molar-refractivity contribution in [2.45, 2.75) is 97.4 Å². The van der Waals surface area contributed by atoms with Crippen LogP contribution >= 0.6 is 0 Å². The zero-order valence-electron chi connectivity index (χ0n) is 29.2. The van der Waals surface area contributed by atoms with Crippen LogP contribution in [0.2, 0.25) is 0 Å². The fraction of sp³-hybridized carbons (Fsp3) is 0.528. The van der Waals surface area contributed by atoms with Gasteiger partial charge in [-0.2, -0.15) is 0 Å². The Labute approximate surface area is 285 Å². The third-order valence-corrected chi connectivity index (χ3v) is 7.69. The molecule has 0 aliphatic carbocycles. The molecule has 0 atom stereocenters. The molecule has 0 radical (unpaired) electrons. The van der Waals surface area contributed by atoms with Crippen LogP contribution in [0.5, 0.6) is 11.5 Å². The second-order valence-electron chi connectivity index (χ2n) is 14.2. The van der Waals surface area contributed by atoms with E-state index in [0.717, 1.165) is 18.2 Å². The van der Waals surface area contributed by atoms with Crippen molar-refractivity contribution in [2.75, 3.05) is 26.2 Å². The van der Waals surface area contributed by atoms with Crippen LogP contribution in [0.1, 0.15) is 101 Å². The molecule has 0 aromatic heterocycles. The standard InChI is InChI=1S/C18H22FNO4.C10H17NO3.C8H7FO2/c1-17(2,3)24-16(22)20-8-6-18(7-9-20)11-14(21)13-10-12(19)4-5-15(13)23-18;1-10(2,3)14-9(13)11-6-4-8(12)5-7-11;1-5(10)7-4-6(9)2-3-8(7)11/h4-5,10H,6-9,11H2,1-3H3;4-7H2,1-3H3;2-4,11H,1H3. The first kappa shape index (κ1) is 38.9. The number of ketones is 3. The Hall–Kier alpha value is -4.55. The van der Waals surface area contributed by atoms with E-state index in [0.29, 0.717) is 63.2 Å². The first-order valence-electron chi connectivity index (χ1n) is 16.2. The average molecular weight is 689 g/mol. The Morgan fingerprint density at radius 1 is 0.796 bits per heavy atom. The number of amides is 2. The highest BCUT2D eigenvalue weighted by atomic mass is 19.1. The number of halogens is 2. The van der Waals surface area contributed by atoms with Crippen molar-refractivity contribution in [3.05, 3.63) is 59.2 Å². The fourth-order valence-corrected chi connectivity index (χ4v) is 5.22. The number of hydrogen-bond acceptors (Lipinski definition) is 9. The first-order chi connectivity index (χ1) is 22.7. The van der Waals surface area contributed by atoms with Gasteiger partial charge in [0.05, 0.1) is 17.5 Å². The molecule has 11 nitrogen and oxygen atoms in total. The zero-order valence-corrected chi connectivity index (χ0v) is 29.2. The number of phenolic OH excluding ortho intramolecular Hbond substituents is 1. The van der Waals surface area contributed by atoms with E-state index < -0.39 is 28.4 Å². The molecular formula is C36H46F2N2O9. The molecule has 2 aromatic rings. The van der Waals surface area contributed by atoms with Gasteiger partial charge in [0.15, 0.2) is 11.6 Å². The number of fused-ring (bicyclic) bond motifs is 1. The number of hydrogen-bond donors (Lipinski definition) is 1. The van der Waals surface area contributed by atoms with E-state index in [1.807, 2.05) is 41.5 Å². The van der Waals surface area contributed by atoms with Crippen molar-refractivity contribution in [1.82, 2.24) is 9.80 Å². The van der Waals surface area contributed by atoms with Crippen LogP contribution in [0, 0.1) is 11.6 Å². The molecular weight excluding hydrogens is 642 g/mol. The van der Waals surface area contributed by atoms with Gasteiger partial charge in [-0.3, -0.25) is 14.4 Å². The maximum absolute atomic E-state index is 13.3. The van der Waals surface area contributed by atoms with Crippen molar-refractivity contribution in [2.24, 2.45) is 0 Å². The minimum atomic E-state index is -0.611. The first-order valence-corrected chi connectivity index (χ1v) is 16.2. The number of phenols is 1. The van der Waals surface area contributed by atoms with Gasteiger partial charge in [-0.25, -0.2) is 18.4 Å². The molecule has 2 saturated heterocycles. The van der Waals surface area contributed by atoms with E-state index in [-0.39, 0.29) is 47.3 Å². The topological polar surface area (TPSA) is 140 Å². The normalized spacial score (nSPS) is 17.0. The van der Waals surface area contributed by atoms with Crippen LogP contribution in [-0.4, -0.2) is 87.4 Å². The number of nitrogens with zero attached hydrogens (tertiary/aromatic N) is 2. The summed E-state index contributed by atoms with van der Waals surface area (Å²) in [6, 6.07) is 7.29. The lowest BCUT2D eigenvalue weighted by Crippen LogP contribution is -2.53. The van der Waals surface area contributed by atoms with Crippen molar-refractivity contribution in [3.8, 4) is 11.5 Å². The van der Waals surface area contributed by atoms with Gasteiger partial charge in [-0.1, -0.05) is 0 Å². The van der Waals surface area contributed by atoms with Crippen LogP contribution in [0.3, 0.4) is 0 Å². The summed E-state index contributed by atoms with van der Waals surface area (Å²) in [6.45, 7) is 14.2. The number of likely N-dealkylation sites (tertiary alicyclic amines) is 2. The van der Waals surface area contributed by atoms with Crippen LogP contribution < -0.4 is 4.74 Å². The summed E-state index contributed by atoms with van der Waals surface area (Å²) >= 11 is 0. The molecule has 0 saturated carbocycles. The highest BCUT2D eigenvalue weighted by Crippen LogP contribution is 2.39. The predicted octanol–water partition coefficient (Wildman–Crippen LogP) is 6.88. The van der Waals surface area contributed by atoms with Crippen LogP contribution in [0.25, 0.3) is 0 Å². The lowest BCUT2D eigenvalue weighted by molar-refractivity contribution is -0.121. The number of rotatable bonds is 1. The Morgan fingerprint density at radius 3 is 1.78 bits per heavy atom. The molecule has 5 rings (SSSR count). The third kappa shape index (κ3) is 11.8. The second kappa shape index (κ2) is 15.8. The van der Waals surface area contributed by atoms with Gasteiger partial charge in [0, 0.05) is 51.9 Å². The van der Waals surface area contributed by atoms with E-state index >= 15 is 0 Å². The summed E-state index contributed by atoms with van der Waals surface area (Å²) in [5.74, 6) is -0.945. The maximum atomic E-state index is 13.3. The molecule has 3 heterocycles. The molecule has 1 N–H and O–H groups in total. The molecule has 49 heavy (non-hydrogen) atoms. The van der Waals surface area contributed by atoms with Gasteiger partial charge in [-0.05, 0) is 84.9 Å². The fourth-order valence-electron chi connectivity index (χ4n) is 5.22. The molecule has 2 fully saturated rings. The van der Waals surface area contributed by atoms with E-state index in [2.05, 4.69) is 0 Å².